The molecule has 20 heavy (non-hydrogen) atoms. The van der Waals surface area contributed by atoms with Gasteiger partial charge in [-0.3, -0.25) is 9.59 Å². The van der Waals surface area contributed by atoms with E-state index in [0.717, 1.165) is 5.75 Å². The Hall–Kier alpha value is -2.09. The van der Waals surface area contributed by atoms with Gasteiger partial charge >= 0.3 is 0 Å². The highest BCUT2D eigenvalue weighted by Gasteiger charge is 2.27. The Morgan fingerprint density at radius 2 is 1.90 bits per heavy atom. The standard InChI is InChI=1S/C12H15N5O2S/c1-20-7-2-11(12(19)8-18)17(15-5-3-13-9-15)16-6-4-14-10-16/h3-6,8-11H,2,7H2,1H3. The lowest BCUT2D eigenvalue weighted by Crippen LogP contribution is -2.51. The third-order valence-corrected chi connectivity index (χ3v) is 3.42. The maximum Gasteiger partial charge on any atom is 0.221 e. The van der Waals surface area contributed by atoms with Crippen molar-refractivity contribution in [2.24, 2.45) is 0 Å². The van der Waals surface area contributed by atoms with Crippen LogP contribution in [0.5, 0.6) is 0 Å². The van der Waals surface area contributed by atoms with Crippen molar-refractivity contribution >= 4 is 23.8 Å². The van der Waals surface area contributed by atoms with Crippen LogP contribution in [0.4, 0.5) is 0 Å². The molecule has 0 N–H and O–H groups in total. The number of carbonyl (C=O) groups is 2. The van der Waals surface area contributed by atoms with Gasteiger partial charge in [0.1, 0.15) is 18.7 Å². The number of ketones is 1. The summed E-state index contributed by atoms with van der Waals surface area (Å²) < 4.78 is 3.32. The minimum absolute atomic E-state index is 0.367. The van der Waals surface area contributed by atoms with Crippen molar-refractivity contribution in [3.63, 3.8) is 0 Å². The maximum atomic E-state index is 12.0. The first-order valence-electron chi connectivity index (χ1n) is 6.01. The van der Waals surface area contributed by atoms with Gasteiger partial charge in [0.2, 0.25) is 5.78 Å². The number of thioether (sulfide) groups is 1. The highest BCUT2D eigenvalue weighted by molar-refractivity contribution is 7.98. The Bertz CT molecular complexity index is 506. The van der Waals surface area contributed by atoms with Gasteiger partial charge in [-0.15, -0.1) is 0 Å². The molecule has 2 aromatic rings. The van der Waals surface area contributed by atoms with Crippen LogP contribution in [0.1, 0.15) is 6.42 Å². The number of rotatable bonds is 8. The summed E-state index contributed by atoms with van der Waals surface area (Å²) in [5.74, 6) is 0.297. The van der Waals surface area contributed by atoms with Gasteiger partial charge in [-0.1, -0.05) is 0 Å². The van der Waals surface area contributed by atoms with E-state index in [0.29, 0.717) is 12.7 Å². The number of nitrogens with zero attached hydrogens (tertiary/aromatic N) is 5. The highest BCUT2D eigenvalue weighted by atomic mass is 32.2. The first-order chi connectivity index (χ1) is 9.77. The summed E-state index contributed by atoms with van der Waals surface area (Å²) in [5, 5.41) is 1.66. The fourth-order valence-electron chi connectivity index (χ4n) is 1.87. The van der Waals surface area contributed by atoms with Crippen LogP contribution in [-0.2, 0) is 9.59 Å². The Kier molecular flexibility index (Phi) is 4.94. The molecule has 8 heteroatoms. The maximum absolute atomic E-state index is 12.0. The second-order valence-corrected chi connectivity index (χ2v) is 5.01. The smallest absolute Gasteiger partial charge is 0.221 e. The first kappa shape index (κ1) is 14.3. The Morgan fingerprint density at radius 3 is 2.30 bits per heavy atom. The summed E-state index contributed by atoms with van der Waals surface area (Å²) in [6.45, 7) is 0. The van der Waals surface area contributed by atoms with Gasteiger partial charge in [0, 0.05) is 24.8 Å². The molecule has 1 unspecified atom stereocenters. The Labute approximate surface area is 120 Å². The van der Waals surface area contributed by atoms with Crippen LogP contribution < -0.4 is 5.12 Å². The van der Waals surface area contributed by atoms with Gasteiger partial charge in [-0.25, -0.2) is 24.4 Å². The van der Waals surface area contributed by atoms with E-state index in [4.69, 9.17) is 0 Å². The number of hydrogen-bond acceptors (Lipinski definition) is 6. The monoisotopic (exact) mass is 293 g/mol. The van der Waals surface area contributed by atoms with Gasteiger partial charge in [-0.2, -0.15) is 11.8 Å². The molecule has 0 aliphatic rings. The molecule has 0 bridgehead atoms. The average molecular weight is 293 g/mol. The molecule has 0 saturated carbocycles. The van der Waals surface area contributed by atoms with Crippen LogP contribution in [0.3, 0.4) is 0 Å². The predicted molar refractivity (Wildman–Crippen MR) is 75.9 cm³/mol. The zero-order valence-corrected chi connectivity index (χ0v) is 11.8. The molecule has 2 heterocycles. The second-order valence-electron chi connectivity index (χ2n) is 4.02. The summed E-state index contributed by atoms with van der Waals surface area (Å²) in [5.41, 5.74) is 0. The van der Waals surface area contributed by atoms with E-state index in [-0.39, 0.29) is 0 Å². The number of aromatic nitrogens is 4. The van der Waals surface area contributed by atoms with E-state index in [2.05, 4.69) is 9.97 Å². The van der Waals surface area contributed by atoms with E-state index < -0.39 is 11.8 Å². The largest absolute Gasteiger partial charge is 0.295 e. The summed E-state index contributed by atoms with van der Waals surface area (Å²) >= 11 is 1.63. The minimum atomic E-state index is -0.594. The molecule has 0 spiro atoms. The van der Waals surface area contributed by atoms with Crippen molar-refractivity contribution in [2.75, 3.05) is 17.1 Å². The second kappa shape index (κ2) is 6.90. The van der Waals surface area contributed by atoms with E-state index in [1.54, 1.807) is 63.7 Å². The topological polar surface area (TPSA) is 73.0 Å². The highest BCUT2D eigenvalue weighted by Crippen LogP contribution is 2.10. The van der Waals surface area contributed by atoms with E-state index in [1.807, 2.05) is 6.26 Å². The number of carbonyl (C=O) groups excluding carboxylic acids is 2. The van der Waals surface area contributed by atoms with Gasteiger partial charge in [0.25, 0.3) is 0 Å². The molecule has 0 radical (unpaired) electrons. The molecule has 0 amide bonds. The predicted octanol–water partition coefficient (Wildman–Crippen LogP) is 0.371. The van der Waals surface area contributed by atoms with Crippen LogP contribution in [-0.4, -0.2) is 49.4 Å². The molecule has 7 nitrogen and oxygen atoms in total. The van der Waals surface area contributed by atoms with Crippen molar-refractivity contribution < 1.29 is 9.59 Å². The van der Waals surface area contributed by atoms with Gasteiger partial charge in [0.15, 0.2) is 6.29 Å². The van der Waals surface area contributed by atoms with Crippen molar-refractivity contribution in [3.8, 4) is 0 Å². The molecule has 2 rings (SSSR count). The number of aldehydes is 1. The Morgan fingerprint density at radius 1 is 1.30 bits per heavy atom. The molecule has 0 aliphatic carbocycles. The normalized spacial score (nSPS) is 12.1. The molecular weight excluding hydrogens is 278 g/mol. The van der Waals surface area contributed by atoms with Crippen LogP contribution in [0.2, 0.25) is 0 Å². The molecule has 0 aromatic carbocycles. The summed E-state index contributed by atoms with van der Waals surface area (Å²) in [6.07, 6.45) is 12.7. The molecule has 2 aromatic heterocycles. The third kappa shape index (κ3) is 3.08. The lowest BCUT2D eigenvalue weighted by molar-refractivity contribution is -0.131. The van der Waals surface area contributed by atoms with Crippen molar-refractivity contribution in [3.05, 3.63) is 37.4 Å². The van der Waals surface area contributed by atoms with Crippen LogP contribution in [0.15, 0.2) is 37.4 Å². The van der Waals surface area contributed by atoms with Crippen molar-refractivity contribution in [1.82, 2.24) is 19.3 Å². The zero-order chi connectivity index (χ0) is 14.4. The lowest BCUT2D eigenvalue weighted by Gasteiger charge is -2.31. The van der Waals surface area contributed by atoms with E-state index in [9.17, 15) is 9.59 Å². The van der Waals surface area contributed by atoms with Gasteiger partial charge < -0.3 is 0 Å². The summed E-state index contributed by atoms with van der Waals surface area (Å²) in [6, 6.07) is -0.594. The number of imidazole rings is 2. The first-order valence-corrected chi connectivity index (χ1v) is 7.41. The minimum Gasteiger partial charge on any atom is -0.295 e. The van der Waals surface area contributed by atoms with E-state index in [1.165, 1.54) is 0 Å². The average Bonchev–Trinajstić information content (AvgIpc) is 3.15. The fourth-order valence-corrected chi connectivity index (χ4v) is 2.33. The van der Waals surface area contributed by atoms with Crippen LogP contribution in [0, 0.1) is 0 Å². The fraction of sp³-hybridized carbons (Fsp3) is 0.333. The van der Waals surface area contributed by atoms with Crippen LogP contribution >= 0.6 is 11.8 Å². The SMILES string of the molecule is CSCCC(C(=O)C=O)N(n1ccnc1)n1ccnc1. The molecule has 0 fully saturated rings. The lowest BCUT2D eigenvalue weighted by atomic mass is 10.1. The molecule has 0 aliphatic heterocycles. The van der Waals surface area contributed by atoms with E-state index >= 15 is 0 Å². The molecule has 1 atom stereocenters. The number of hydrogen-bond donors (Lipinski definition) is 0. The summed E-state index contributed by atoms with van der Waals surface area (Å²) in [4.78, 5) is 30.9. The third-order valence-electron chi connectivity index (χ3n) is 2.77. The Balaban J connectivity index is 2.36. The summed E-state index contributed by atoms with van der Waals surface area (Å²) in [7, 11) is 0. The zero-order valence-electron chi connectivity index (χ0n) is 11.0. The quantitative estimate of drug-likeness (QED) is 0.517. The molecule has 0 saturated heterocycles. The van der Waals surface area contributed by atoms with Gasteiger partial charge in [0.05, 0.1) is 0 Å². The van der Waals surface area contributed by atoms with Gasteiger partial charge in [-0.05, 0) is 18.4 Å². The van der Waals surface area contributed by atoms with Crippen molar-refractivity contribution in [1.29, 1.82) is 0 Å². The van der Waals surface area contributed by atoms with Crippen LogP contribution in [0.25, 0.3) is 0 Å². The van der Waals surface area contributed by atoms with Crippen molar-refractivity contribution in [2.45, 2.75) is 12.5 Å². The molecule has 106 valence electrons. The number of Topliss-reactive ketones (excluding diaryl/α,β-unsaturated/α-hetero) is 1. The molecular formula is C12H15N5O2S.